The minimum atomic E-state index is -1.25. The molecule has 0 aliphatic carbocycles. The molecule has 2 atom stereocenters. The summed E-state index contributed by atoms with van der Waals surface area (Å²) in [6.07, 6.45) is 17.4. The average molecular weight is 605 g/mol. The molecule has 0 heterocycles. The Bertz CT molecular complexity index is 695. The van der Waals surface area contributed by atoms with Crippen molar-refractivity contribution in [2.24, 2.45) is 0 Å². The quantitative estimate of drug-likeness (QED) is 0.0648. The molecule has 1 unspecified atom stereocenters. The normalized spacial score (nSPS) is 12.3. The maximum atomic E-state index is 12.7. The van der Waals surface area contributed by atoms with Gasteiger partial charge in [-0.25, -0.2) is 9.59 Å². The van der Waals surface area contributed by atoms with E-state index < -0.39 is 36.7 Å². The van der Waals surface area contributed by atoms with Crippen LogP contribution in [0.1, 0.15) is 117 Å². The van der Waals surface area contributed by atoms with E-state index in [4.69, 9.17) is 9.47 Å². The third-order valence-electron chi connectivity index (χ3n) is 6.58. The molecule has 0 aromatic heterocycles. The number of thioether (sulfide) groups is 1. The Morgan fingerprint density at radius 3 is 1.80 bits per heavy atom. The van der Waals surface area contributed by atoms with Crippen molar-refractivity contribution in [3.8, 4) is 0 Å². The molecule has 0 aliphatic heterocycles. The third kappa shape index (κ3) is 23.3. The van der Waals surface area contributed by atoms with Gasteiger partial charge in [0, 0.05) is 17.9 Å². The van der Waals surface area contributed by atoms with Crippen LogP contribution in [0.4, 0.5) is 4.79 Å². The van der Waals surface area contributed by atoms with E-state index in [0.717, 1.165) is 32.8 Å². The maximum Gasteiger partial charge on any atom is 0.407 e. The number of carbonyl (C=O) groups excluding carboxylic acids is 4. The third-order valence-corrected chi connectivity index (χ3v) is 7.61. The summed E-state index contributed by atoms with van der Waals surface area (Å²) < 4.78 is 14.9. The monoisotopic (exact) mass is 604 g/mol. The number of aliphatic hydroxyl groups excluding tert-OH is 1. The van der Waals surface area contributed by atoms with Crippen LogP contribution in [0.25, 0.3) is 0 Å². The summed E-state index contributed by atoms with van der Waals surface area (Å²) in [4.78, 5) is 48.5. The van der Waals surface area contributed by atoms with Gasteiger partial charge in [0.2, 0.25) is 5.91 Å². The Morgan fingerprint density at radius 1 is 0.707 bits per heavy atom. The van der Waals surface area contributed by atoms with Crippen LogP contribution < -0.4 is 10.6 Å². The number of carbonyl (C=O) groups is 4. The molecule has 41 heavy (non-hydrogen) atoms. The first-order chi connectivity index (χ1) is 19.9. The number of nitrogens with one attached hydrogen (secondary N) is 2. The number of aliphatic hydroxyl groups is 1. The van der Waals surface area contributed by atoms with Gasteiger partial charge in [0.15, 0.2) is 6.04 Å². The number of methoxy groups -OCH3 is 1. The van der Waals surface area contributed by atoms with E-state index in [1.54, 1.807) is 0 Å². The number of rotatable bonds is 27. The van der Waals surface area contributed by atoms with Crippen LogP contribution in [-0.4, -0.2) is 79.6 Å². The van der Waals surface area contributed by atoms with E-state index in [1.165, 1.54) is 76.0 Å². The van der Waals surface area contributed by atoms with Gasteiger partial charge >= 0.3 is 18.0 Å². The van der Waals surface area contributed by atoms with Crippen molar-refractivity contribution in [1.82, 2.24) is 10.6 Å². The molecule has 0 fully saturated rings. The molecule has 0 spiro atoms. The van der Waals surface area contributed by atoms with E-state index in [1.807, 2.05) is 6.92 Å². The summed E-state index contributed by atoms with van der Waals surface area (Å²) >= 11 is 1.31. The molecular weight excluding hydrogens is 548 g/mol. The Morgan fingerprint density at radius 2 is 1.27 bits per heavy atom. The van der Waals surface area contributed by atoms with Gasteiger partial charge < -0.3 is 30.0 Å². The summed E-state index contributed by atoms with van der Waals surface area (Å²) in [6, 6.07) is -2.27. The topological polar surface area (TPSA) is 140 Å². The first-order valence-corrected chi connectivity index (χ1v) is 16.7. The molecular formula is C30H56N2O8S. The van der Waals surface area contributed by atoms with Crippen molar-refractivity contribution < 1.29 is 38.5 Å². The standard InChI is InChI=1S/C30H56N2O8S/c1-4-6-8-9-10-11-12-13-14-15-16-17-18-19-27(34)39-21-22-41-24-26(32-30(37)40-20-7-5-2)28(35)31-25(23-33)29(36)38-3/h25-26,33H,4-24H2,1-3H3,(H,31,35)(H,32,37)/t25?,26-/m0/s1. The van der Waals surface area contributed by atoms with Crippen LogP contribution in [0.15, 0.2) is 0 Å². The molecule has 0 aliphatic rings. The molecule has 0 aromatic carbocycles. The van der Waals surface area contributed by atoms with Crippen molar-refractivity contribution in [3.63, 3.8) is 0 Å². The zero-order chi connectivity index (χ0) is 30.6. The number of hydrogen-bond acceptors (Lipinski definition) is 9. The Hall–Kier alpha value is -2.01. The highest BCUT2D eigenvalue weighted by Crippen LogP contribution is 2.13. The molecule has 0 aromatic rings. The van der Waals surface area contributed by atoms with Gasteiger partial charge in [-0.1, -0.05) is 97.3 Å². The van der Waals surface area contributed by atoms with Gasteiger partial charge in [0.05, 0.1) is 20.3 Å². The van der Waals surface area contributed by atoms with Crippen LogP contribution >= 0.6 is 11.8 Å². The lowest BCUT2D eigenvalue weighted by Gasteiger charge is -2.21. The summed E-state index contributed by atoms with van der Waals surface area (Å²) in [5.41, 5.74) is 0. The zero-order valence-corrected chi connectivity index (χ0v) is 26.5. The molecule has 3 N–H and O–H groups in total. The molecule has 2 amide bonds. The molecule has 0 radical (unpaired) electrons. The Labute approximate surface area is 251 Å². The molecule has 0 bridgehead atoms. The summed E-state index contributed by atoms with van der Waals surface area (Å²) in [7, 11) is 1.15. The average Bonchev–Trinajstić information content (AvgIpc) is 2.97. The number of hydrogen-bond donors (Lipinski definition) is 3. The van der Waals surface area contributed by atoms with Crippen molar-refractivity contribution in [1.29, 1.82) is 0 Å². The smallest absolute Gasteiger partial charge is 0.407 e. The number of amides is 2. The van der Waals surface area contributed by atoms with Gasteiger partial charge in [-0.15, -0.1) is 0 Å². The van der Waals surface area contributed by atoms with Gasteiger partial charge in [0.25, 0.3) is 0 Å². The lowest BCUT2D eigenvalue weighted by molar-refractivity contribution is -0.146. The molecule has 0 rings (SSSR count). The predicted molar refractivity (Wildman–Crippen MR) is 163 cm³/mol. The minimum absolute atomic E-state index is 0.157. The van der Waals surface area contributed by atoms with Crippen LogP contribution in [0.5, 0.6) is 0 Å². The zero-order valence-electron chi connectivity index (χ0n) is 25.7. The predicted octanol–water partition coefficient (Wildman–Crippen LogP) is 5.29. The maximum absolute atomic E-state index is 12.7. The molecule has 10 nitrogen and oxygen atoms in total. The molecule has 240 valence electrons. The number of unbranched alkanes of at least 4 members (excludes halogenated alkanes) is 13. The lowest BCUT2D eigenvalue weighted by atomic mass is 10.0. The van der Waals surface area contributed by atoms with E-state index in [0.29, 0.717) is 18.6 Å². The lowest BCUT2D eigenvalue weighted by Crippen LogP contribution is -2.54. The van der Waals surface area contributed by atoms with Crippen molar-refractivity contribution in [2.75, 3.05) is 38.4 Å². The molecule has 11 heteroatoms. The highest BCUT2D eigenvalue weighted by atomic mass is 32.2. The fourth-order valence-corrected chi connectivity index (χ4v) is 4.88. The SMILES string of the molecule is CCCCCCCCCCCCCCCC(=O)OCCSC[C@H](NC(=O)OCCCC)C(=O)NC(CO)C(=O)OC. The van der Waals surface area contributed by atoms with Crippen LogP contribution in [0, 0.1) is 0 Å². The van der Waals surface area contributed by atoms with Gasteiger partial charge in [-0.3, -0.25) is 9.59 Å². The van der Waals surface area contributed by atoms with Gasteiger partial charge in [-0.05, 0) is 12.8 Å². The fraction of sp³-hybridized carbons (Fsp3) is 0.867. The second kappa shape index (κ2) is 28.1. The second-order valence-electron chi connectivity index (χ2n) is 10.2. The van der Waals surface area contributed by atoms with Crippen LogP contribution in [-0.2, 0) is 28.6 Å². The Balaban J connectivity index is 4.13. The van der Waals surface area contributed by atoms with E-state index >= 15 is 0 Å². The number of esters is 2. The highest BCUT2D eigenvalue weighted by Gasteiger charge is 2.27. The van der Waals surface area contributed by atoms with E-state index in [9.17, 15) is 24.3 Å². The minimum Gasteiger partial charge on any atom is -0.467 e. The fourth-order valence-electron chi connectivity index (χ4n) is 4.04. The molecule has 0 saturated heterocycles. The van der Waals surface area contributed by atoms with Crippen molar-refractivity contribution in [3.05, 3.63) is 0 Å². The van der Waals surface area contributed by atoms with Crippen LogP contribution in [0.2, 0.25) is 0 Å². The van der Waals surface area contributed by atoms with Crippen molar-refractivity contribution in [2.45, 2.75) is 129 Å². The first-order valence-electron chi connectivity index (χ1n) is 15.5. The highest BCUT2D eigenvalue weighted by molar-refractivity contribution is 7.99. The van der Waals surface area contributed by atoms with E-state index in [2.05, 4.69) is 22.3 Å². The summed E-state index contributed by atoms with van der Waals surface area (Å²) in [5, 5.41) is 14.2. The van der Waals surface area contributed by atoms with Gasteiger partial charge in [0.1, 0.15) is 12.6 Å². The van der Waals surface area contributed by atoms with Crippen LogP contribution in [0.3, 0.4) is 0 Å². The largest absolute Gasteiger partial charge is 0.467 e. The summed E-state index contributed by atoms with van der Waals surface area (Å²) in [5.74, 6) is -1.10. The Kier molecular flexibility index (Phi) is 26.7. The number of ether oxygens (including phenoxy) is 3. The summed E-state index contributed by atoms with van der Waals surface area (Å²) in [6.45, 7) is 3.98. The van der Waals surface area contributed by atoms with E-state index in [-0.39, 0.29) is 24.9 Å². The number of alkyl carbamates (subject to hydrolysis) is 1. The van der Waals surface area contributed by atoms with Gasteiger partial charge in [-0.2, -0.15) is 11.8 Å². The first kappa shape index (κ1) is 39.0. The molecule has 0 saturated carbocycles. The second-order valence-corrected chi connectivity index (χ2v) is 11.4. The van der Waals surface area contributed by atoms with Crippen molar-refractivity contribution >= 4 is 35.7 Å².